The first-order valence-corrected chi connectivity index (χ1v) is 10.0. The van der Waals surface area contributed by atoms with Crippen LogP contribution in [0, 0.1) is 5.82 Å². The molecule has 0 bridgehead atoms. The fraction of sp³-hybridized carbons (Fsp3) is 0.0455. The van der Waals surface area contributed by atoms with Crippen molar-refractivity contribution in [2.75, 3.05) is 5.75 Å². The Bertz CT molecular complexity index is 1170. The van der Waals surface area contributed by atoms with Crippen LogP contribution in [0.5, 0.6) is 11.5 Å². The number of thioether (sulfide) groups is 1. The lowest BCUT2D eigenvalue weighted by atomic mass is 10.1. The van der Waals surface area contributed by atoms with E-state index in [0.29, 0.717) is 11.6 Å². The number of rotatable bonds is 4. The van der Waals surface area contributed by atoms with Crippen LogP contribution in [-0.4, -0.2) is 26.3 Å². The van der Waals surface area contributed by atoms with Crippen LogP contribution in [0.1, 0.15) is 5.56 Å². The van der Waals surface area contributed by atoms with Crippen molar-refractivity contribution in [3.63, 3.8) is 0 Å². The number of hydrogen-bond acceptors (Lipinski definition) is 5. The largest absolute Gasteiger partial charge is 0.457 e. The van der Waals surface area contributed by atoms with Crippen LogP contribution in [-0.2, 0) is 0 Å². The van der Waals surface area contributed by atoms with E-state index in [-0.39, 0.29) is 5.82 Å². The molecule has 0 spiro atoms. The van der Waals surface area contributed by atoms with Crippen LogP contribution in [0.2, 0.25) is 0 Å². The Balaban J connectivity index is 1.42. The van der Waals surface area contributed by atoms with Crippen molar-refractivity contribution in [2.45, 2.75) is 5.16 Å². The minimum atomic E-state index is -0.288. The highest BCUT2D eigenvalue weighted by Crippen LogP contribution is 2.29. The van der Waals surface area contributed by atoms with E-state index < -0.39 is 0 Å². The van der Waals surface area contributed by atoms with E-state index in [9.17, 15) is 4.39 Å². The SMILES string of the molecule is Fc1ccc(-c2nnc3n2N=C(c2ccc(Oc4ccccc4)cc2)CS3)cc1. The van der Waals surface area contributed by atoms with Gasteiger partial charge in [-0.05, 0) is 66.2 Å². The van der Waals surface area contributed by atoms with Crippen LogP contribution >= 0.6 is 11.8 Å². The van der Waals surface area contributed by atoms with E-state index in [0.717, 1.165) is 33.5 Å². The van der Waals surface area contributed by atoms with Gasteiger partial charge in [0.15, 0.2) is 5.82 Å². The van der Waals surface area contributed by atoms with Crippen LogP contribution in [0.15, 0.2) is 89.1 Å². The van der Waals surface area contributed by atoms with Gasteiger partial charge in [0.2, 0.25) is 5.16 Å². The first kappa shape index (κ1) is 17.6. The number of benzene rings is 3. The second kappa shape index (κ2) is 7.52. The molecular formula is C22H15FN4OS. The lowest BCUT2D eigenvalue weighted by molar-refractivity contribution is 0.482. The summed E-state index contributed by atoms with van der Waals surface area (Å²) >= 11 is 1.57. The van der Waals surface area contributed by atoms with Gasteiger partial charge in [0, 0.05) is 11.3 Å². The second-order valence-electron chi connectivity index (χ2n) is 6.40. The fourth-order valence-electron chi connectivity index (χ4n) is 2.99. The first-order chi connectivity index (χ1) is 14.3. The predicted octanol–water partition coefficient (Wildman–Crippen LogP) is 5.23. The van der Waals surface area contributed by atoms with E-state index in [1.165, 1.54) is 12.1 Å². The van der Waals surface area contributed by atoms with Gasteiger partial charge in [-0.3, -0.25) is 0 Å². The van der Waals surface area contributed by atoms with Gasteiger partial charge in [0.05, 0.1) is 5.71 Å². The lowest BCUT2D eigenvalue weighted by Crippen LogP contribution is -2.13. The first-order valence-electron chi connectivity index (χ1n) is 9.02. The molecule has 0 saturated heterocycles. The van der Waals surface area contributed by atoms with Crippen molar-refractivity contribution in [1.29, 1.82) is 0 Å². The molecule has 0 N–H and O–H groups in total. The number of para-hydroxylation sites is 1. The molecule has 5 nitrogen and oxygen atoms in total. The topological polar surface area (TPSA) is 52.3 Å². The third-order valence-electron chi connectivity index (χ3n) is 4.44. The van der Waals surface area contributed by atoms with Gasteiger partial charge in [-0.15, -0.1) is 10.2 Å². The van der Waals surface area contributed by atoms with E-state index in [1.54, 1.807) is 28.6 Å². The van der Waals surface area contributed by atoms with Gasteiger partial charge in [0.1, 0.15) is 17.3 Å². The molecule has 3 aromatic carbocycles. The van der Waals surface area contributed by atoms with E-state index in [1.807, 2.05) is 54.6 Å². The maximum Gasteiger partial charge on any atom is 0.212 e. The Kier molecular flexibility index (Phi) is 4.57. The van der Waals surface area contributed by atoms with Crippen LogP contribution in [0.3, 0.4) is 0 Å². The molecule has 0 radical (unpaired) electrons. The van der Waals surface area contributed by atoms with E-state index in [2.05, 4.69) is 10.2 Å². The molecule has 142 valence electrons. The maximum atomic E-state index is 13.2. The summed E-state index contributed by atoms with van der Waals surface area (Å²) in [6, 6.07) is 23.7. The highest BCUT2D eigenvalue weighted by molar-refractivity contribution is 7.99. The molecule has 1 aromatic heterocycles. The van der Waals surface area contributed by atoms with E-state index in [4.69, 9.17) is 9.84 Å². The molecule has 0 fully saturated rings. The zero-order valence-corrected chi connectivity index (χ0v) is 16.0. The average molecular weight is 402 g/mol. The molecule has 0 saturated carbocycles. The Hall–Kier alpha value is -3.45. The molecule has 4 aromatic rings. The average Bonchev–Trinajstić information content (AvgIpc) is 3.19. The highest BCUT2D eigenvalue weighted by Gasteiger charge is 2.20. The Morgan fingerprint density at radius 1 is 0.793 bits per heavy atom. The summed E-state index contributed by atoms with van der Waals surface area (Å²) in [7, 11) is 0. The van der Waals surface area contributed by atoms with Crippen molar-refractivity contribution in [2.24, 2.45) is 5.10 Å². The Labute approximate surface area is 170 Å². The van der Waals surface area contributed by atoms with Crippen molar-refractivity contribution >= 4 is 17.5 Å². The van der Waals surface area contributed by atoms with Crippen molar-refractivity contribution in [1.82, 2.24) is 14.9 Å². The molecule has 1 aliphatic heterocycles. The molecule has 7 heteroatoms. The number of hydrogen-bond donors (Lipinski definition) is 0. The van der Waals surface area contributed by atoms with Gasteiger partial charge < -0.3 is 4.74 Å². The Morgan fingerprint density at radius 2 is 1.48 bits per heavy atom. The third kappa shape index (κ3) is 3.64. The predicted molar refractivity (Wildman–Crippen MR) is 111 cm³/mol. The summed E-state index contributed by atoms with van der Waals surface area (Å²) in [5.41, 5.74) is 2.68. The second-order valence-corrected chi connectivity index (χ2v) is 7.34. The minimum Gasteiger partial charge on any atom is -0.457 e. The molecule has 1 aliphatic rings. The molecule has 0 atom stereocenters. The van der Waals surface area contributed by atoms with Crippen LogP contribution < -0.4 is 4.74 Å². The molecule has 0 amide bonds. The van der Waals surface area contributed by atoms with Crippen molar-refractivity contribution in [3.05, 3.63) is 90.2 Å². The maximum absolute atomic E-state index is 13.2. The number of halogens is 1. The number of ether oxygens (including phenoxy) is 1. The summed E-state index contributed by atoms with van der Waals surface area (Å²) in [5, 5.41) is 13.9. The molecule has 0 aliphatic carbocycles. The monoisotopic (exact) mass is 402 g/mol. The quantitative estimate of drug-likeness (QED) is 0.469. The third-order valence-corrected chi connectivity index (χ3v) is 5.37. The molecule has 2 heterocycles. The molecule has 0 unspecified atom stereocenters. The molecular weight excluding hydrogens is 387 g/mol. The van der Waals surface area contributed by atoms with Crippen LogP contribution in [0.4, 0.5) is 4.39 Å². The van der Waals surface area contributed by atoms with Gasteiger partial charge >= 0.3 is 0 Å². The summed E-state index contributed by atoms with van der Waals surface area (Å²) in [4.78, 5) is 0. The standard InChI is InChI=1S/C22H15FN4OS/c23-17-10-6-16(7-11-17)21-24-25-22-27(21)26-20(14-29-22)15-8-12-19(13-9-15)28-18-4-2-1-3-5-18/h1-13H,14H2. The normalized spacial score (nSPS) is 12.9. The number of aromatic nitrogens is 3. The van der Waals surface area contributed by atoms with Crippen molar-refractivity contribution in [3.8, 4) is 22.9 Å². The van der Waals surface area contributed by atoms with E-state index >= 15 is 0 Å². The highest BCUT2D eigenvalue weighted by atomic mass is 32.2. The summed E-state index contributed by atoms with van der Waals surface area (Å²) in [5.74, 6) is 2.56. The number of fused-ring (bicyclic) bond motifs is 1. The lowest BCUT2D eigenvalue weighted by Gasteiger charge is -2.14. The van der Waals surface area contributed by atoms with Gasteiger partial charge in [-0.1, -0.05) is 30.0 Å². The van der Waals surface area contributed by atoms with Crippen LogP contribution in [0.25, 0.3) is 11.4 Å². The Morgan fingerprint density at radius 3 is 2.24 bits per heavy atom. The number of nitrogens with zero attached hydrogens (tertiary/aromatic N) is 4. The smallest absolute Gasteiger partial charge is 0.212 e. The van der Waals surface area contributed by atoms with Gasteiger partial charge in [0.25, 0.3) is 0 Å². The fourth-order valence-corrected chi connectivity index (χ4v) is 3.83. The summed E-state index contributed by atoms with van der Waals surface area (Å²) in [6.07, 6.45) is 0. The van der Waals surface area contributed by atoms with Crippen molar-refractivity contribution < 1.29 is 9.13 Å². The zero-order chi connectivity index (χ0) is 19.6. The zero-order valence-electron chi connectivity index (χ0n) is 15.2. The molecule has 29 heavy (non-hydrogen) atoms. The molecule has 5 rings (SSSR count). The van der Waals surface area contributed by atoms with Gasteiger partial charge in [-0.25, -0.2) is 4.39 Å². The van der Waals surface area contributed by atoms with Gasteiger partial charge in [-0.2, -0.15) is 9.78 Å². The minimum absolute atomic E-state index is 0.288. The summed E-state index contributed by atoms with van der Waals surface area (Å²) in [6.45, 7) is 0. The summed E-state index contributed by atoms with van der Waals surface area (Å²) < 4.78 is 20.8.